The number of nitrogens with zero attached hydrogens (tertiary/aromatic N) is 1. The molecule has 0 amide bonds. The fraction of sp³-hybridized carbons (Fsp3) is 0.0833. The van der Waals surface area contributed by atoms with Gasteiger partial charge in [0.15, 0.2) is 0 Å². The summed E-state index contributed by atoms with van der Waals surface area (Å²) in [6.07, 6.45) is 3.02. The van der Waals surface area contributed by atoms with Gasteiger partial charge in [-0.25, -0.2) is 0 Å². The minimum Gasteiger partial charge on any atom is -0.312 e. The number of thiophene rings is 1. The van der Waals surface area contributed by atoms with E-state index in [1.807, 2.05) is 17.4 Å². The molecule has 26 heavy (non-hydrogen) atoms. The minimum absolute atomic E-state index is 0.997. The zero-order valence-corrected chi connectivity index (χ0v) is 15.4. The summed E-state index contributed by atoms with van der Waals surface area (Å²) in [4.78, 5) is 0. The van der Waals surface area contributed by atoms with Crippen molar-refractivity contribution in [1.29, 1.82) is 0 Å². The number of fused-ring (bicyclic) bond motifs is 7. The molecule has 0 aliphatic heterocycles. The lowest BCUT2D eigenvalue weighted by atomic mass is 10.0. The van der Waals surface area contributed by atoms with Crippen LogP contribution in [0.2, 0.25) is 0 Å². The summed E-state index contributed by atoms with van der Waals surface area (Å²) >= 11 is 1.89. The predicted molar refractivity (Wildman–Crippen MR) is 116 cm³/mol. The predicted octanol–water partition coefficient (Wildman–Crippen LogP) is 7.26. The van der Waals surface area contributed by atoms with E-state index >= 15 is 0 Å². The molecule has 0 unspecified atom stereocenters. The zero-order chi connectivity index (χ0) is 17.4. The van der Waals surface area contributed by atoms with Gasteiger partial charge in [-0.15, -0.1) is 11.3 Å². The largest absolute Gasteiger partial charge is 0.312 e. The van der Waals surface area contributed by atoms with Crippen LogP contribution in [0.5, 0.6) is 0 Å². The molecule has 0 bridgehead atoms. The maximum atomic E-state index is 4.08. The van der Waals surface area contributed by atoms with E-state index in [9.17, 15) is 0 Å². The molecule has 3 heterocycles. The highest BCUT2D eigenvalue weighted by molar-refractivity contribution is 7.26. The van der Waals surface area contributed by atoms with Crippen molar-refractivity contribution < 1.29 is 0 Å². The highest BCUT2D eigenvalue weighted by Gasteiger charge is 2.21. The SMILES string of the molecule is C=Cc1c(CC)n2c3ccc4sc5ccccc5c4c3c3cccc1c32. The van der Waals surface area contributed by atoms with Crippen molar-refractivity contribution in [2.24, 2.45) is 0 Å². The summed E-state index contributed by atoms with van der Waals surface area (Å²) in [5.41, 5.74) is 5.31. The first kappa shape index (κ1) is 14.3. The third kappa shape index (κ3) is 1.52. The lowest BCUT2D eigenvalue weighted by Crippen LogP contribution is -1.90. The van der Waals surface area contributed by atoms with Crippen molar-refractivity contribution in [3.8, 4) is 0 Å². The van der Waals surface area contributed by atoms with Crippen molar-refractivity contribution in [2.45, 2.75) is 13.3 Å². The monoisotopic (exact) mass is 351 g/mol. The Morgan fingerprint density at radius 3 is 2.54 bits per heavy atom. The Bertz CT molecular complexity index is 1480. The summed E-state index contributed by atoms with van der Waals surface area (Å²) in [6, 6.07) is 20.1. The van der Waals surface area contributed by atoms with Gasteiger partial charge in [0, 0.05) is 47.6 Å². The Balaban J connectivity index is 2.01. The van der Waals surface area contributed by atoms with Crippen LogP contribution in [0.25, 0.3) is 53.4 Å². The van der Waals surface area contributed by atoms with Crippen LogP contribution in [0.15, 0.2) is 61.2 Å². The van der Waals surface area contributed by atoms with Gasteiger partial charge in [0.2, 0.25) is 0 Å². The van der Waals surface area contributed by atoms with E-state index in [1.165, 1.54) is 58.6 Å². The van der Waals surface area contributed by atoms with E-state index in [1.54, 1.807) is 0 Å². The molecule has 3 aromatic heterocycles. The number of hydrogen-bond donors (Lipinski definition) is 0. The highest BCUT2D eigenvalue weighted by atomic mass is 32.1. The summed E-state index contributed by atoms with van der Waals surface area (Å²) in [5.74, 6) is 0. The van der Waals surface area contributed by atoms with Crippen LogP contribution in [-0.2, 0) is 6.42 Å². The summed E-state index contributed by atoms with van der Waals surface area (Å²) in [5, 5.41) is 6.84. The lowest BCUT2D eigenvalue weighted by Gasteiger charge is -2.03. The number of rotatable bonds is 2. The molecule has 6 aromatic rings. The molecule has 0 aliphatic rings. The fourth-order valence-electron chi connectivity index (χ4n) is 4.72. The third-order valence-corrected chi connectivity index (χ3v) is 6.84. The quantitative estimate of drug-likeness (QED) is 0.309. The molecular weight excluding hydrogens is 334 g/mol. The van der Waals surface area contributed by atoms with E-state index in [0.29, 0.717) is 0 Å². The van der Waals surface area contributed by atoms with Gasteiger partial charge in [0.25, 0.3) is 0 Å². The molecule has 124 valence electrons. The van der Waals surface area contributed by atoms with Crippen molar-refractivity contribution in [3.05, 3.63) is 72.4 Å². The van der Waals surface area contributed by atoms with Crippen LogP contribution >= 0.6 is 11.3 Å². The van der Waals surface area contributed by atoms with Gasteiger partial charge in [-0.1, -0.05) is 56.0 Å². The number of aromatic nitrogens is 1. The molecule has 3 aromatic carbocycles. The van der Waals surface area contributed by atoms with Crippen molar-refractivity contribution >= 4 is 64.8 Å². The smallest absolute Gasteiger partial charge is 0.0617 e. The van der Waals surface area contributed by atoms with E-state index < -0.39 is 0 Å². The van der Waals surface area contributed by atoms with E-state index in [0.717, 1.165) is 6.42 Å². The molecule has 0 aliphatic carbocycles. The van der Waals surface area contributed by atoms with Gasteiger partial charge in [-0.2, -0.15) is 0 Å². The molecule has 0 fully saturated rings. The van der Waals surface area contributed by atoms with Crippen LogP contribution in [-0.4, -0.2) is 4.40 Å². The average Bonchev–Trinajstić information content (AvgIpc) is 3.32. The Labute approximate surface area is 155 Å². The van der Waals surface area contributed by atoms with Gasteiger partial charge in [-0.05, 0) is 24.6 Å². The van der Waals surface area contributed by atoms with Crippen LogP contribution in [0.3, 0.4) is 0 Å². The standard InChI is InChI=1S/C24H17NS/c1-3-14-15-9-7-10-17-22-19(25(24(15)17)18(14)4-2)12-13-21-23(22)16-8-5-6-11-20(16)26-21/h3,5-13H,1,4H2,2H3. The topological polar surface area (TPSA) is 4.41 Å². The van der Waals surface area contributed by atoms with Crippen LogP contribution in [0.1, 0.15) is 18.2 Å². The molecule has 0 atom stereocenters. The summed E-state index contributed by atoms with van der Waals surface area (Å²) in [7, 11) is 0. The molecule has 0 radical (unpaired) electrons. The fourth-order valence-corrected chi connectivity index (χ4v) is 5.83. The van der Waals surface area contributed by atoms with Gasteiger partial charge >= 0.3 is 0 Å². The summed E-state index contributed by atoms with van der Waals surface area (Å²) < 4.78 is 5.21. The first-order valence-corrected chi connectivity index (χ1v) is 9.89. The van der Waals surface area contributed by atoms with E-state index in [-0.39, 0.29) is 0 Å². The van der Waals surface area contributed by atoms with Crippen molar-refractivity contribution in [3.63, 3.8) is 0 Å². The molecule has 0 saturated heterocycles. The van der Waals surface area contributed by atoms with Gasteiger partial charge < -0.3 is 4.40 Å². The van der Waals surface area contributed by atoms with E-state index in [4.69, 9.17) is 0 Å². The Hall–Kier alpha value is -2.84. The minimum atomic E-state index is 0.997. The molecular formula is C24H17NS. The van der Waals surface area contributed by atoms with E-state index in [2.05, 4.69) is 72.5 Å². The Kier molecular flexibility index (Phi) is 2.68. The molecule has 2 heteroatoms. The Morgan fingerprint density at radius 2 is 1.69 bits per heavy atom. The number of aryl methyl sites for hydroxylation is 1. The van der Waals surface area contributed by atoms with Gasteiger partial charge in [0.05, 0.1) is 11.0 Å². The molecule has 6 rings (SSSR count). The number of benzene rings is 3. The second-order valence-electron chi connectivity index (χ2n) is 6.89. The average molecular weight is 351 g/mol. The first-order chi connectivity index (χ1) is 12.8. The van der Waals surface area contributed by atoms with Crippen molar-refractivity contribution in [2.75, 3.05) is 0 Å². The number of hydrogen-bond acceptors (Lipinski definition) is 1. The number of para-hydroxylation sites is 1. The zero-order valence-electron chi connectivity index (χ0n) is 14.5. The maximum absolute atomic E-state index is 4.08. The molecule has 0 N–H and O–H groups in total. The molecule has 1 nitrogen and oxygen atoms in total. The third-order valence-electron chi connectivity index (χ3n) is 5.70. The maximum Gasteiger partial charge on any atom is 0.0617 e. The van der Waals surface area contributed by atoms with Crippen LogP contribution < -0.4 is 0 Å². The summed E-state index contributed by atoms with van der Waals surface area (Å²) in [6.45, 7) is 6.32. The van der Waals surface area contributed by atoms with Crippen LogP contribution in [0, 0.1) is 0 Å². The van der Waals surface area contributed by atoms with Gasteiger partial charge in [-0.3, -0.25) is 0 Å². The lowest BCUT2D eigenvalue weighted by molar-refractivity contribution is 1.02. The normalized spacial score (nSPS) is 12.3. The van der Waals surface area contributed by atoms with Gasteiger partial charge in [0.1, 0.15) is 0 Å². The van der Waals surface area contributed by atoms with Crippen molar-refractivity contribution in [1.82, 2.24) is 4.40 Å². The second-order valence-corrected chi connectivity index (χ2v) is 7.97. The molecule has 0 saturated carbocycles. The first-order valence-electron chi connectivity index (χ1n) is 9.07. The second kappa shape index (κ2) is 4.87. The highest BCUT2D eigenvalue weighted by Crippen LogP contribution is 2.45. The van der Waals surface area contributed by atoms with Crippen LogP contribution in [0.4, 0.5) is 0 Å². The Morgan fingerprint density at radius 1 is 0.885 bits per heavy atom. The molecule has 0 spiro atoms.